The third-order valence-corrected chi connectivity index (χ3v) is 4.77. The Hall–Kier alpha value is -2.12. The maximum Gasteiger partial charge on any atom is 0.227 e. The number of rotatable bonds is 8. The van der Waals surface area contributed by atoms with Crippen LogP contribution < -0.4 is 15.4 Å². The van der Waals surface area contributed by atoms with E-state index < -0.39 is 0 Å². The molecule has 2 aromatic rings. The first-order valence-corrected chi connectivity index (χ1v) is 9.79. The van der Waals surface area contributed by atoms with Gasteiger partial charge in [0.1, 0.15) is 5.75 Å². The van der Waals surface area contributed by atoms with E-state index >= 15 is 0 Å². The number of carbonyl (C=O) groups is 1. The van der Waals surface area contributed by atoms with Gasteiger partial charge in [-0.15, -0.1) is 12.4 Å². The monoisotopic (exact) mass is 407 g/mol. The zero-order chi connectivity index (χ0) is 19.1. The van der Waals surface area contributed by atoms with Crippen LogP contribution in [0.2, 0.25) is 0 Å². The highest BCUT2D eigenvalue weighted by atomic mass is 35.5. The summed E-state index contributed by atoms with van der Waals surface area (Å²) in [5, 5.41) is 10.7. The normalized spacial score (nSPS) is 14.4. The molecule has 0 saturated carbocycles. The second-order valence-corrected chi connectivity index (χ2v) is 6.98. The number of aromatic nitrogens is 3. The van der Waals surface area contributed by atoms with Gasteiger partial charge in [-0.05, 0) is 56.5 Å². The lowest BCUT2D eigenvalue weighted by molar-refractivity contribution is -0.116. The van der Waals surface area contributed by atoms with Crippen molar-refractivity contribution >= 4 is 24.3 Å². The van der Waals surface area contributed by atoms with Crippen LogP contribution in [-0.2, 0) is 18.3 Å². The van der Waals surface area contributed by atoms with Crippen LogP contribution in [0.15, 0.2) is 24.3 Å². The maximum absolute atomic E-state index is 12.3. The Morgan fingerprint density at radius 1 is 1.29 bits per heavy atom. The highest BCUT2D eigenvalue weighted by molar-refractivity contribution is 5.89. The summed E-state index contributed by atoms with van der Waals surface area (Å²) in [6.07, 6.45) is 4.15. The summed E-state index contributed by atoms with van der Waals surface area (Å²) < 4.78 is 7.24. The Bertz CT molecular complexity index is 742. The Kier molecular flexibility index (Phi) is 8.73. The van der Waals surface area contributed by atoms with Crippen molar-refractivity contribution in [3.8, 4) is 5.75 Å². The van der Waals surface area contributed by atoms with E-state index in [1.165, 1.54) is 0 Å². The molecule has 1 fully saturated rings. The van der Waals surface area contributed by atoms with E-state index in [4.69, 9.17) is 4.74 Å². The molecule has 1 aliphatic heterocycles. The molecule has 0 radical (unpaired) electrons. The zero-order valence-corrected chi connectivity index (χ0v) is 17.4. The Morgan fingerprint density at radius 3 is 2.68 bits per heavy atom. The van der Waals surface area contributed by atoms with Gasteiger partial charge in [-0.1, -0.05) is 19.1 Å². The van der Waals surface area contributed by atoms with Crippen molar-refractivity contribution < 1.29 is 9.53 Å². The number of nitrogens with zero attached hydrogens (tertiary/aromatic N) is 3. The van der Waals surface area contributed by atoms with Gasteiger partial charge >= 0.3 is 0 Å². The van der Waals surface area contributed by atoms with Crippen molar-refractivity contribution in [1.82, 2.24) is 20.1 Å². The second kappa shape index (κ2) is 11.0. The second-order valence-electron chi connectivity index (χ2n) is 6.98. The predicted octanol–water partition coefficient (Wildman–Crippen LogP) is 3.06. The molecule has 7 nitrogen and oxygen atoms in total. The van der Waals surface area contributed by atoms with Crippen molar-refractivity contribution in [3.63, 3.8) is 0 Å². The molecule has 0 spiro atoms. The molecule has 0 unspecified atom stereocenters. The van der Waals surface area contributed by atoms with Crippen LogP contribution in [0.25, 0.3) is 0 Å². The number of amides is 1. The molecule has 1 aliphatic rings. The summed E-state index contributed by atoms with van der Waals surface area (Å²) in [6, 6.07) is 7.93. The summed E-state index contributed by atoms with van der Waals surface area (Å²) in [5.41, 5.74) is 1.11. The molecular formula is C20H30ClN5O2. The van der Waals surface area contributed by atoms with Gasteiger partial charge in [-0.25, -0.2) is 4.68 Å². The number of benzene rings is 1. The lowest BCUT2D eigenvalue weighted by atomic mass is 9.98. The fourth-order valence-corrected chi connectivity index (χ4v) is 3.18. The molecule has 0 atom stereocenters. The Morgan fingerprint density at radius 2 is 2.00 bits per heavy atom. The molecule has 1 aromatic carbocycles. The van der Waals surface area contributed by atoms with Crippen LogP contribution >= 0.6 is 12.4 Å². The molecule has 0 bridgehead atoms. The van der Waals surface area contributed by atoms with E-state index in [0.717, 1.165) is 56.1 Å². The van der Waals surface area contributed by atoms with E-state index in [9.17, 15) is 4.79 Å². The largest absolute Gasteiger partial charge is 0.494 e. The average Bonchev–Trinajstić information content (AvgIpc) is 3.06. The lowest BCUT2D eigenvalue weighted by Crippen LogP contribution is -2.27. The van der Waals surface area contributed by atoms with Crippen LogP contribution in [0.1, 0.15) is 49.9 Å². The quantitative estimate of drug-likeness (QED) is 0.702. The summed E-state index contributed by atoms with van der Waals surface area (Å²) in [4.78, 5) is 16.8. The topological polar surface area (TPSA) is 81.1 Å². The van der Waals surface area contributed by atoms with E-state index in [1.807, 2.05) is 31.3 Å². The molecular weight excluding hydrogens is 378 g/mol. The first kappa shape index (κ1) is 22.2. The fraction of sp³-hybridized carbons (Fsp3) is 0.550. The van der Waals surface area contributed by atoms with Gasteiger partial charge in [0.25, 0.3) is 0 Å². The Balaban J connectivity index is 0.00000280. The van der Waals surface area contributed by atoms with Crippen molar-refractivity contribution in [2.45, 2.75) is 44.9 Å². The molecule has 28 heavy (non-hydrogen) atoms. The van der Waals surface area contributed by atoms with E-state index in [-0.39, 0.29) is 18.3 Å². The van der Waals surface area contributed by atoms with Crippen LogP contribution in [0.5, 0.6) is 5.75 Å². The van der Waals surface area contributed by atoms with Crippen LogP contribution in [-0.4, -0.2) is 40.4 Å². The van der Waals surface area contributed by atoms with Crippen LogP contribution in [0.4, 0.5) is 5.95 Å². The van der Waals surface area contributed by atoms with Crippen molar-refractivity contribution in [3.05, 3.63) is 35.7 Å². The molecule has 8 heteroatoms. The van der Waals surface area contributed by atoms with Crippen LogP contribution in [0, 0.1) is 0 Å². The van der Waals surface area contributed by atoms with Gasteiger partial charge in [0.05, 0.1) is 6.61 Å². The van der Waals surface area contributed by atoms with E-state index in [1.54, 1.807) is 4.68 Å². The number of anilines is 1. The van der Waals surface area contributed by atoms with Crippen molar-refractivity contribution in [2.24, 2.45) is 7.05 Å². The summed E-state index contributed by atoms with van der Waals surface area (Å²) >= 11 is 0. The minimum atomic E-state index is -0.0475. The van der Waals surface area contributed by atoms with Crippen molar-refractivity contribution in [1.29, 1.82) is 0 Å². The third kappa shape index (κ3) is 6.21. The highest BCUT2D eigenvalue weighted by Crippen LogP contribution is 2.23. The smallest absolute Gasteiger partial charge is 0.227 e. The van der Waals surface area contributed by atoms with Gasteiger partial charge in [0.15, 0.2) is 5.82 Å². The Labute approximate surface area is 172 Å². The minimum Gasteiger partial charge on any atom is -0.494 e. The highest BCUT2D eigenvalue weighted by Gasteiger charge is 2.21. The molecule has 1 aromatic heterocycles. The molecule has 3 rings (SSSR count). The standard InChI is InChI=1S/C20H29N5O2.ClH/c1-3-14-27-17-7-4-15(5-8-17)6-9-18(26)22-20-23-19(24-25(20)2)16-10-12-21-13-11-16;/h4-5,7-8,16,21H,3,6,9-14H2,1-2H3,(H,22,23,24,26);1H. The number of hydrogen-bond donors (Lipinski definition) is 2. The lowest BCUT2D eigenvalue weighted by Gasteiger charge is -2.19. The maximum atomic E-state index is 12.3. The molecule has 154 valence electrons. The number of nitrogens with one attached hydrogen (secondary N) is 2. The number of hydrogen-bond acceptors (Lipinski definition) is 5. The van der Waals surface area contributed by atoms with E-state index in [0.29, 0.717) is 24.7 Å². The molecule has 1 saturated heterocycles. The molecule has 1 amide bonds. The average molecular weight is 408 g/mol. The number of piperidine rings is 1. The van der Waals surface area contributed by atoms with E-state index in [2.05, 4.69) is 27.6 Å². The number of aryl methyl sites for hydroxylation is 2. The van der Waals surface area contributed by atoms with Crippen molar-refractivity contribution in [2.75, 3.05) is 25.0 Å². The molecule has 0 aliphatic carbocycles. The number of carbonyl (C=O) groups excluding carboxylic acids is 1. The number of halogens is 1. The SMILES string of the molecule is CCCOc1ccc(CCC(=O)Nc2nc(C3CCNCC3)nn2C)cc1.Cl. The summed E-state index contributed by atoms with van der Waals surface area (Å²) in [7, 11) is 1.82. The fourth-order valence-electron chi connectivity index (χ4n) is 3.18. The third-order valence-electron chi connectivity index (χ3n) is 4.77. The van der Waals surface area contributed by atoms with Gasteiger partial charge < -0.3 is 10.1 Å². The van der Waals surface area contributed by atoms with Gasteiger partial charge in [-0.2, -0.15) is 10.1 Å². The van der Waals surface area contributed by atoms with Gasteiger partial charge in [-0.3, -0.25) is 10.1 Å². The first-order chi connectivity index (χ1) is 13.2. The molecule has 2 heterocycles. The first-order valence-electron chi connectivity index (χ1n) is 9.79. The summed E-state index contributed by atoms with van der Waals surface area (Å²) in [5.74, 6) is 2.55. The number of ether oxygens (including phenoxy) is 1. The van der Waals surface area contributed by atoms with Crippen LogP contribution in [0.3, 0.4) is 0 Å². The minimum absolute atomic E-state index is 0. The predicted molar refractivity (Wildman–Crippen MR) is 112 cm³/mol. The van der Waals surface area contributed by atoms with Gasteiger partial charge in [0, 0.05) is 19.4 Å². The zero-order valence-electron chi connectivity index (χ0n) is 16.6. The molecule has 2 N–H and O–H groups in total. The van der Waals surface area contributed by atoms with Gasteiger partial charge in [0.2, 0.25) is 11.9 Å². The summed E-state index contributed by atoms with van der Waals surface area (Å²) in [6.45, 7) is 4.79.